The largest absolute Gasteiger partial charge is 0.492 e. The van der Waals surface area contributed by atoms with Crippen LogP contribution in [0.25, 0.3) is 0 Å². The molecule has 0 N–H and O–H groups in total. The van der Waals surface area contributed by atoms with Crippen molar-refractivity contribution in [1.82, 2.24) is 0 Å². The van der Waals surface area contributed by atoms with Crippen LogP contribution in [0.5, 0.6) is 5.75 Å². The second-order valence-corrected chi connectivity index (χ2v) is 4.84. The lowest BCUT2D eigenvalue weighted by atomic mass is 10.2. The van der Waals surface area contributed by atoms with Crippen molar-refractivity contribution in [3.05, 3.63) is 59.7 Å². The third kappa shape index (κ3) is 2.72. The number of nitriles is 1. The van der Waals surface area contributed by atoms with Crippen LogP contribution in [-0.4, -0.2) is 19.1 Å². The number of anilines is 1. The standard InChI is InChI=1S/C17H14N2O2/c18-12-13-5-7-15(8-6-13)21-10-9-19-16-4-2-1-3-14(16)11-17(19)20/h1-8H,9-11H2. The Bertz CT molecular complexity index is 701. The first-order valence-electron chi connectivity index (χ1n) is 6.79. The minimum Gasteiger partial charge on any atom is -0.492 e. The lowest BCUT2D eigenvalue weighted by Gasteiger charge is -2.17. The topological polar surface area (TPSA) is 53.3 Å². The van der Waals surface area contributed by atoms with Gasteiger partial charge in [-0.3, -0.25) is 4.79 Å². The van der Waals surface area contributed by atoms with E-state index >= 15 is 0 Å². The summed E-state index contributed by atoms with van der Waals surface area (Å²) in [6, 6.07) is 16.8. The van der Waals surface area contributed by atoms with E-state index in [-0.39, 0.29) is 5.91 Å². The third-order valence-electron chi connectivity index (χ3n) is 3.49. The normalized spacial score (nSPS) is 12.9. The van der Waals surface area contributed by atoms with Gasteiger partial charge in [-0.2, -0.15) is 5.26 Å². The summed E-state index contributed by atoms with van der Waals surface area (Å²) in [6.45, 7) is 0.946. The zero-order valence-corrected chi connectivity index (χ0v) is 11.5. The van der Waals surface area contributed by atoms with Crippen LogP contribution in [0.1, 0.15) is 11.1 Å². The molecule has 2 aromatic carbocycles. The molecule has 0 spiro atoms. The Morgan fingerprint density at radius 3 is 2.67 bits per heavy atom. The van der Waals surface area contributed by atoms with Gasteiger partial charge in [-0.25, -0.2) is 0 Å². The van der Waals surface area contributed by atoms with E-state index in [0.717, 1.165) is 11.3 Å². The van der Waals surface area contributed by atoms with Gasteiger partial charge in [0.05, 0.1) is 24.6 Å². The molecule has 0 atom stereocenters. The van der Waals surface area contributed by atoms with Gasteiger partial charge in [-0.05, 0) is 35.9 Å². The number of nitrogens with zero attached hydrogens (tertiary/aromatic N) is 2. The second kappa shape index (κ2) is 5.68. The van der Waals surface area contributed by atoms with Gasteiger partial charge in [0.25, 0.3) is 0 Å². The van der Waals surface area contributed by atoms with E-state index in [9.17, 15) is 4.79 Å². The SMILES string of the molecule is N#Cc1ccc(OCCN2C(=O)Cc3ccccc32)cc1. The average Bonchev–Trinajstić information content (AvgIpc) is 2.84. The van der Waals surface area contributed by atoms with Crippen LogP contribution in [0.15, 0.2) is 48.5 Å². The van der Waals surface area contributed by atoms with Crippen molar-refractivity contribution in [2.75, 3.05) is 18.1 Å². The van der Waals surface area contributed by atoms with Gasteiger partial charge in [0.15, 0.2) is 0 Å². The summed E-state index contributed by atoms with van der Waals surface area (Å²) in [4.78, 5) is 13.8. The Morgan fingerprint density at radius 1 is 1.14 bits per heavy atom. The number of hydrogen-bond acceptors (Lipinski definition) is 3. The first-order chi connectivity index (χ1) is 10.3. The van der Waals surface area contributed by atoms with Crippen molar-refractivity contribution >= 4 is 11.6 Å². The fraction of sp³-hybridized carbons (Fsp3) is 0.176. The molecular weight excluding hydrogens is 264 g/mol. The number of rotatable bonds is 4. The maximum Gasteiger partial charge on any atom is 0.231 e. The number of para-hydroxylation sites is 1. The van der Waals surface area contributed by atoms with Gasteiger partial charge in [-0.15, -0.1) is 0 Å². The van der Waals surface area contributed by atoms with Crippen LogP contribution in [0.4, 0.5) is 5.69 Å². The molecule has 1 aliphatic rings. The summed E-state index contributed by atoms with van der Waals surface area (Å²) in [5.74, 6) is 0.813. The third-order valence-corrected chi connectivity index (χ3v) is 3.49. The lowest BCUT2D eigenvalue weighted by molar-refractivity contribution is -0.117. The van der Waals surface area contributed by atoms with E-state index in [1.54, 1.807) is 29.2 Å². The number of hydrogen-bond donors (Lipinski definition) is 0. The molecule has 3 rings (SSSR count). The molecular formula is C17H14N2O2. The summed E-state index contributed by atoms with van der Waals surface area (Å²) < 4.78 is 5.63. The molecule has 4 heteroatoms. The van der Waals surface area contributed by atoms with Crippen LogP contribution in [0.2, 0.25) is 0 Å². The highest BCUT2D eigenvalue weighted by Crippen LogP contribution is 2.27. The van der Waals surface area contributed by atoms with E-state index < -0.39 is 0 Å². The lowest BCUT2D eigenvalue weighted by Crippen LogP contribution is -2.31. The fourth-order valence-electron chi connectivity index (χ4n) is 2.44. The molecule has 0 unspecified atom stereocenters. The maximum atomic E-state index is 12.0. The Labute approximate surface area is 123 Å². The summed E-state index contributed by atoms with van der Waals surface area (Å²) in [6.07, 6.45) is 0.465. The van der Waals surface area contributed by atoms with E-state index in [1.165, 1.54) is 0 Å². The highest BCUT2D eigenvalue weighted by atomic mass is 16.5. The van der Waals surface area contributed by atoms with Crippen molar-refractivity contribution in [3.63, 3.8) is 0 Å². The van der Waals surface area contributed by atoms with Gasteiger partial charge in [0.2, 0.25) is 5.91 Å². The molecule has 4 nitrogen and oxygen atoms in total. The Morgan fingerprint density at radius 2 is 1.90 bits per heavy atom. The maximum absolute atomic E-state index is 12.0. The van der Waals surface area contributed by atoms with Gasteiger partial charge in [0, 0.05) is 5.69 Å². The molecule has 0 aliphatic carbocycles. The molecule has 1 amide bonds. The molecule has 1 aliphatic heterocycles. The molecule has 0 bridgehead atoms. The molecule has 0 aromatic heterocycles. The number of carbonyl (C=O) groups excluding carboxylic acids is 1. The quantitative estimate of drug-likeness (QED) is 0.863. The predicted octanol–water partition coefficient (Wildman–Crippen LogP) is 2.53. The van der Waals surface area contributed by atoms with Crippen LogP contribution in [0.3, 0.4) is 0 Å². The number of fused-ring (bicyclic) bond motifs is 1. The summed E-state index contributed by atoms with van der Waals surface area (Å²) >= 11 is 0. The van der Waals surface area contributed by atoms with Gasteiger partial charge >= 0.3 is 0 Å². The minimum absolute atomic E-state index is 0.111. The average molecular weight is 278 g/mol. The van der Waals surface area contributed by atoms with Crippen molar-refractivity contribution < 1.29 is 9.53 Å². The highest BCUT2D eigenvalue weighted by Gasteiger charge is 2.26. The monoisotopic (exact) mass is 278 g/mol. The Kier molecular flexibility index (Phi) is 3.57. The molecule has 104 valence electrons. The summed E-state index contributed by atoms with van der Waals surface area (Å²) in [5.41, 5.74) is 2.65. The van der Waals surface area contributed by atoms with Crippen molar-refractivity contribution in [1.29, 1.82) is 5.26 Å². The summed E-state index contributed by atoms with van der Waals surface area (Å²) in [7, 11) is 0. The number of ether oxygens (including phenoxy) is 1. The van der Waals surface area contributed by atoms with Crippen LogP contribution >= 0.6 is 0 Å². The van der Waals surface area contributed by atoms with E-state index in [2.05, 4.69) is 6.07 Å². The summed E-state index contributed by atoms with van der Waals surface area (Å²) in [5, 5.41) is 8.74. The van der Waals surface area contributed by atoms with Gasteiger partial charge < -0.3 is 9.64 Å². The Hall–Kier alpha value is -2.80. The predicted molar refractivity (Wildman–Crippen MR) is 79.2 cm³/mol. The van der Waals surface area contributed by atoms with Gasteiger partial charge in [-0.1, -0.05) is 18.2 Å². The first kappa shape index (κ1) is 13.2. The molecule has 0 saturated carbocycles. The zero-order chi connectivity index (χ0) is 14.7. The molecule has 0 radical (unpaired) electrons. The molecule has 0 fully saturated rings. The number of amides is 1. The molecule has 0 saturated heterocycles. The van der Waals surface area contributed by atoms with Crippen molar-refractivity contribution in [2.24, 2.45) is 0 Å². The molecule has 2 aromatic rings. The smallest absolute Gasteiger partial charge is 0.231 e. The minimum atomic E-state index is 0.111. The Balaban J connectivity index is 1.60. The van der Waals surface area contributed by atoms with Crippen LogP contribution in [0, 0.1) is 11.3 Å². The van der Waals surface area contributed by atoms with Gasteiger partial charge in [0.1, 0.15) is 12.4 Å². The zero-order valence-electron chi connectivity index (χ0n) is 11.5. The van der Waals surface area contributed by atoms with E-state index in [1.807, 2.05) is 24.3 Å². The van der Waals surface area contributed by atoms with Crippen LogP contribution in [-0.2, 0) is 11.2 Å². The van der Waals surface area contributed by atoms with Crippen molar-refractivity contribution in [3.8, 4) is 11.8 Å². The second-order valence-electron chi connectivity index (χ2n) is 4.84. The van der Waals surface area contributed by atoms with Crippen molar-refractivity contribution in [2.45, 2.75) is 6.42 Å². The first-order valence-corrected chi connectivity index (χ1v) is 6.79. The molecule has 21 heavy (non-hydrogen) atoms. The molecule has 1 heterocycles. The fourth-order valence-corrected chi connectivity index (χ4v) is 2.44. The van der Waals surface area contributed by atoms with E-state index in [0.29, 0.717) is 30.9 Å². The number of carbonyl (C=O) groups is 1. The van der Waals surface area contributed by atoms with E-state index in [4.69, 9.17) is 10.00 Å². The highest BCUT2D eigenvalue weighted by molar-refractivity contribution is 6.01. The number of benzene rings is 2. The van der Waals surface area contributed by atoms with Crippen LogP contribution < -0.4 is 9.64 Å².